The molecule has 1 aromatic carbocycles. The fraction of sp³-hybridized carbons (Fsp3) is 0.625. The number of hydrogen-bond donors (Lipinski definition) is 1. The lowest BCUT2D eigenvalue weighted by atomic mass is 9.91. The van der Waals surface area contributed by atoms with Crippen LogP contribution in [0.15, 0.2) is 18.2 Å². The Morgan fingerprint density at radius 2 is 2.06 bits per heavy atom. The molecular formula is C16H23NO. The zero-order chi connectivity index (χ0) is 12.4. The predicted molar refractivity (Wildman–Crippen MR) is 73.9 cm³/mol. The summed E-state index contributed by atoms with van der Waals surface area (Å²) in [5.74, 6) is 1.88. The summed E-state index contributed by atoms with van der Waals surface area (Å²) in [7, 11) is 0. The van der Waals surface area contributed by atoms with Crippen molar-refractivity contribution in [3.8, 4) is 5.75 Å². The highest BCUT2D eigenvalue weighted by atomic mass is 16.5. The molecule has 1 unspecified atom stereocenters. The molecule has 1 fully saturated rings. The number of rotatable bonds is 5. The van der Waals surface area contributed by atoms with Crippen LogP contribution in [0.4, 0.5) is 0 Å². The summed E-state index contributed by atoms with van der Waals surface area (Å²) in [4.78, 5) is 0. The SMILES string of the molecule is NC(CCOc1cccc2c1CCCC2)C1CC1. The second-order valence-corrected chi connectivity index (χ2v) is 5.74. The fourth-order valence-corrected chi connectivity index (χ4v) is 2.95. The fourth-order valence-electron chi connectivity index (χ4n) is 2.95. The normalized spacial score (nSPS) is 20.3. The number of hydrogen-bond acceptors (Lipinski definition) is 2. The lowest BCUT2D eigenvalue weighted by Crippen LogP contribution is -2.25. The number of ether oxygens (including phenoxy) is 1. The molecule has 0 saturated heterocycles. The van der Waals surface area contributed by atoms with Crippen LogP contribution in [0.1, 0.15) is 43.2 Å². The second kappa shape index (κ2) is 5.31. The summed E-state index contributed by atoms with van der Waals surface area (Å²) in [5.41, 5.74) is 9.04. The van der Waals surface area contributed by atoms with E-state index in [1.54, 1.807) is 0 Å². The van der Waals surface area contributed by atoms with Gasteiger partial charge in [0, 0.05) is 6.04 Å². The molecule has 0 heterocycles. The Labute approximate surface area is 110 Å². The lowest BCUT2D eigenvalue weighted by Gasteiger charge is -2.20. The van der Waals surface area contributed by atoms with Crippen molar-refractivity contribution in [1.29, 1.82) is 0 Å². The van der Waals surface area contributed by atoms with Gasteiger partial charge in [-0.25, -0.2) is 0 Å². The van der Waals surface area contributed by atoms with Crippen LogP contribution in [0.2, 0.25) is 0 Å². The van der Waals surface area contributed by atoms with Crippen molar-refractivity contribution in [2.45, 2.75) is 51.0 Å². The van der Waals surface area contributed by atoms with Crippen molar-refractivity contribution in [2.24, 2.45) is 11.7 Å². The summed E-state index contributed by atoms with van der Waals surface area (Å²) >= 11 is 0. The van der Waals surface area contributed by atoms with Gasteiger partial charge in [0.05, 0.1) is 6.61 Å². The molecule has 0 radical (unpaired) electrons. The Morgan fingerprint density at radius 3 is 2.89 bits per heavy atom. The second-order valence-electron chi connectivity index (χ2n) is 5.74. The summed E-state index contributed by atoms with van der Waals surface area (Å²) in [6.07, 6.45) is 8.66. The van der Waals surface area contributed by atoms with Gasteiger partial charge in [-0.05, 0) is 68.1 Å². The first kappa shape index (κ1) is 12.0. The third kappa shape index (κ3) is 2.69. The highest BCUT2D eigenvalue weighted by molar-refractivity contribution is 5.41. The molecule has 0 amide bonds. The largest absolute Gasteiger partial charge is 0.493 e. The van der Waals surface area contributed by atoms with E-state index in [0.29, 0.717) is 6.04 Å². The van der Waals surface area contributed by atoms with Crippen LogP contribution in [-0.4, -0.2) is 12.6 Å². The summed E-state index contributed by atoms with van der Waals surface area (Å²) in [6.45, 7) is 0.772. The van der Waals surface area contributed by atoms with Gasteiger partial charge in [-0.3, -0.25) is 0 Å². The standard InChI is InChI=1S/C16H23NO/c17-15(13-8-9-13)10-11-18-16-7-3-5-12-4-1-2-6-14(12)16/h3,5,7,13,15H,1-2,4,6,8-11,17H2. The van der Waals surface area contributed by atoms with E-state index in [1.807, 2.05) is 0 Å². The molecule has 1 atom stereocenters. The molecule has 1 aromatic rings. The molecular weight excluding hydrogens is 222 g/mol. The minimum Gasteiger partial charge on any atom is -0.493 e. The van der Waals surface area contributed by atoms with Crippen molar-refractivity contribution in [2.75, 3.05) is 6.61 Å². The number of benzene rings is 1. The van der Waals surface area contributed by atoms with E-state index in [1.165, 1.54) is 49.7 Å². The summed E-state index contributed by atoms with van der Waals surface area (Å²) < 4.78 is 5.97. The molecule has 2 N–H and O–H groups in total. The van der Waals surface area contributed by atoms with Crippen LogP contribution in [0.5, 0.6) is 5.75 Å². The van der Waals surface area contributed by atoms with Gasteiger partial charge in [0.15, 0.2) is 0 Å². The average molecular weight is 245 g/mol. The average Bonchev–Trinajstić information content (AvgIpc) is 3.23. The molecule has 2 aliphatic carbocycles. The Morgan fingerprint density at radius 1 is 1.22 bits per heavy atom. The van der Waals surface area contributed by atoms with Crippen molar-refractivity contribution in [1.82, 2.24) is 0 Å². The molecule has 2 nitrogen and oxygen atoms in total. The van der Waals surface area contributed by atoms with E-state index in [0.717, 1.165) is 24.7 Å². The van der Waals surface area contributed by atoms with Gasteiger partial charge in [0.25, 0.3) is 0 Å². The zero-order valence-electron chi connectivity index (χ0n) is 11.0. The van der Waals surface area contributed by atoms with Crippen LogP contribution < -0.4 is 10.5 Å². The van der Waals surface area contributed by atoms with Gasteiger partial charge in [0.1, 0.15) is 5.75 Å². The van der Waals surface area contributed by atoms with E-state index in [9.17, 15) is 0 Å². The first-order valence-electron chi connectivity index (χ1n) is 7.34. The minimum atomic E-state index is 0.351. The van der Waals surface area contributed by atoms with Crippen molar-refractivity contribution in [3.05, 3.63) is 29.3 Å². The molecule has 3 rings (SSSR count). The quantitative estimate of drug-likeness (QED) is 0.865. The Kier molecular flexibility index (Phi) is 3.55. The van der Waals surface area contributed by atoms with E-state index >= 15 is 0 Å². The summed E-state index contributed by atoms with van der Waals surface area (Å²) in [5, 5.41) is 0. The van der Waals surface area contributed by atoms with Crippen LogP contribution in [-0.2, 0) is 12.8 Å². The van der Waals surface area contributed by atoms with E-state index in [-0.39, 0.29) is 0 Å². The molecule has 0 bridgehead atoms. The van der Waals surface area contributed by atoms with Crippen LogP contribution in [0.3, 0.4) is 0 Å². The van der Waals surface area contributed by atoms with Crippen molar-refractivity contribution >= 4 is 0 Å². The molecule has 0 spiro atoms. The first-order valence-corrected chi connectivity index (χ1v) is 7.34. The van der Waals surface area contributed by atoms with Crippen LogP contribution in [0, 0.1) is 5.92 Å². The van der Waals surface area contributed by atoms with E-state index in [2.05, 4.69) is 18.2 Å². The number of fused-ring (bicyclic) bond motifs is 1. The predicted octanol–water partition coefficient (Wildman–Crippen LogP) is 3.07. The molecule has 0 aliphatic heterocycles. The van der Waals surface area contributed by atoms with Gasteiger partial charge in [-0.1, -0.05) is 12.1 Å². The van der Waals surface area contributed by atoms with Crippen LogP contribution in [0.25, 0.3) is 0 Å². The molecule has 18 heavy (non-hydrogen) atoms. The van der Waals surface area contributed by atoms with Gasteiger partial charge < -0.3 is 10.5 Å². The third-order valence-corrected chi connectivity index (χ3v) is 4.29. The Hall–Kier alpha value is -1.02. The smallest absolute Gasteiger partial charge is 0.122 e. The molecule has 1 saturated carbocycles. The molecule has 98 valence electrons. The highest BCUT2D eigenvalue weighted by Gasteiger charge is 2.28. The molecule has 2 aliphatic rings. The maximum absolute atomic E-state index is 6.10. The molecule has 0 aromatic heterocycles. The monoisotopic (exact) mass is 245 g/mol. The number of aryl methyl sites for hydroxylation is 1. The van der Waals surface area contributed by atoms with E-state index in [4.69, 9.17) is 10.5 Å². The Bertz CT molecular complexity index is 412. The Balaban J connectivity index is 1.58. The maximum atomic E-state index is 6.10. The van der Waals surface area contributed by atoms with Gasteiger partial charge in [0.2, 0.25) is 0 Å². The van der Waals surface area contributed by atoms with Crippen LogP contribution >= 0.6 is 0 Å². The van der Waals surface area contributed by atoms with Crippen molar-refractivity contribution in [3.63, 3.8) is 0 Å². The van der Waals surface area contributed by atoms with Gasteiger partial charge in [-0.15, -0.1) is 0 Å². The number of nitrogens with two attached hydrogens (primary N) is 1. The lowest BCUT2D eigenvalue weighted by molar-refractivity contribution is 0.288. The highest BCUT2D eigenvalue weighted by Crippen LogP contribution is 2.33. The third-order valence-electron chi connectivity index (χ3n) is 4.29. The van der Waals surface area contributed by atoms with Gasteiger partial charge >= 0.3 is 0 Å². The summed E-state index contributed by atoms with van der Waals surface area (Å²) in [6, 6.07) is 6.84. The molecule has 2 heteroatoms. The minimum absolute atomic E-state index is 0.351. The zero-order valence-corrected chi connectivity index (χ0v) is 11.0. The van der Waals surface area contributed by atoms with E-state index < -0.39 is 0 Å². The van der Waals surface area contributed by atoms with Crippen molar-refractivity contribution < 1.29 is 4.74 Å². The van der Waals surface area contributed by atoms with Gasteiger partial charge in [-0.2, -0.15) is 0 Å². The maximum Gasteiger partial charge on any atom is 0.122 e. The first-order chi connectivity index (χ1) is 8.84. The topological polar surface area (TPSA) is 35.2 Å².